The summed E-state index contributed by atoms with van der Waals surface area (Å²) < 4.78 is 3.37. The Bertz CT molecular complexity index is 340. The Kier molecular flexibility index (Phi) is 5.49. The maximum atomic E-state index is 11.4. The third kappa shape index (κ3) is 4.58. The molecule has 1 aliphatic heterocycles. The van der Waals surface area contributed by atoms with E-state index in [2.05, 4.69) is 9.68 Å². The average Bonchev–Trinajstić information content (AvgIpc) is 2.40. The summed E-state index contributed by atoms with van der Waals surface area (Å²) >= 11 is 0. The smallest absolute Gasteiger partial charge is 0.158 e. The van der Waals surface area contributed by atoms with Gasteiger partial charge in [0.2, 0.25) is 0 Å². The number of carbonyl (C=O) groups is 1. The molecule has 1 amide bonds. The maximum absolute atomic E-state index is 11.4. The van der Waals surface area contributed by atoms with Crippen LogP contribution in [0.15, 0.2) is 0 Å². The molecule has 0 bridgehead atoms. The number of rotatable bonds is 3. The Morgan fingerprint density at radius 2 is 1.76 bits per heavy atom. The largest absolute Gasteiger partial charge is 0.530 e. The van der Waals surface area contributed by atoms with Crippen LogP contribution in [0.4, 0.5) is 4.79 Å². The van der Waals surface area contributed by atoms with Crippen LogP contribution in [-0.4, -0.2) is 55.5 Å². The first-order valence-electron chi connectivity index (χ1n) is 8.23. The van der Waals surface area contributed by atoms with Gasteiger partial charge in [0.05, 0.1) is 13.1 Å². The number of hydrogen-bond acceptors (Lipinski definition) is 3. The van der Waals surface area contributed by atoms with Crippen LogP contribution in [0.1, 0.15) is 46.5 Å². The van der Waals surface area contributed by atoms with Gasteiger partial charge >= 0.3 is 0 Å². The zero-order valence-electron chi connectivity index (χ0n) is 13.7. The minimum atomic E-state index is -1.03. The second-order valence-corrected chi connectivity index (χ2v) is 7.42. The SMILES string of the molecule is CC(C)(C)N(C(=O)[O-])C1CCC(C[O+]2CCNCC2)CC1. The van der Waals surface area contributed by atoms with Gasteiger partial charge in [0, 0.05) is 17.5 Å². The van der Waals surface area contributed by atoms with Crippen LogP contribution in [0.3, 0.4) is 0 Å². The van der Waals surface area contributed by atoms with E-state index in [1.54, 1.807) is 4.90 Å². The van der Waals surface area contributed by atoms with Crippen LogP contribution in [0, 0.1) is 5.92 Å². The molecular weight excluding hydrogens is 268 g/mol. The van der Waals surface area contributed by atoms with E-state index in [1.807, 2.05) is 20.8 Å². The highest BCUT2D eigenvalue weighted by atomic mass is 16.7. The molecule has 21 heavy (non-hydrogen) atoms. The fraction of sp³-hybridized carbons (Fsp3) is 0.938. The molecule has 0 aromatic carbocycles. The van der Waals surface area contributed by atoms with Crippen molar-refractivity contribution in [3.8, 4) is 0 Å². The van der Waals surface area contributed by atoms with Gasteiger partial charge in [-0.25, -0.2) is 0 Å². The summed E-state index contributed by atoms with van der Waals surface area (Å²) in [6.45, 7) is 11.2. The highest BCUT2D eigenvalue weighted by molar-refractivity contribution is 5.64. The number of carbonyl (C=O) groups excluding carboxylic acids is 1. The van der Waals surface area contributed by atoms with E-state index >= 15 is 0 Å². The Labute approximate surface area is 128 Å². The average molecular weight is 298 g/mol. The van der Waals surface area contributed by atoms with Crippen molar-refractivity contribution in [2.24, 2.45) is 5.92 Å². The molecule has 0 spiro atoms. The van der Waals surface area contributed by atoms with Gasteiger partial charge in [-0.1, -0.05) is 0 Å². The van der Waals surface area contributed by atoms with Gasteiger partial charge < -0.3 is 24.5 Å². The Balaban J connectivity index is 1.83. The summed E-state index contributed by atoms with van der Waals surface area (Å²) in [6.07, 6.45) is 3.12. The first-order valence-corrected chi connectivity index (χ1v) is 8.23. The van der Waals surface area contributed by atoms with Gasteiger partial charge in [-0.05, 0) is 46.5 Å². The summed E-state index contributed by atoms with van der Waals surface area (Å²) in [5.41, 5.74) is -0.371. The van der Waals surface area contributed by atoms with Crippen molar-refractivity contribution >= 4 is 6.09 Å². The van der Waals surface area contributed by atoms with Gasteiger partial charge in [0.15, 0.2) is 13.2 Å². The molecule has 1 heterocycles. The summed E-state index contributed by atoms with van der Waals surface area (Å²) in [5, 5.41) is 14.8. The zero-order chi connectivity index (χ0) is 15.5. The zero-order valence-corrected chi connectivity index (χ0v) is 13.7. The van der Waals surface area contributed by atoms with Gasteiger partial charge in [0.25, 0.3) is 0 Å². The molecule has 2 aliphatic rings. The molecule has 0 aromatic heterocycles. The lowest BCUT2D eigenvalue weighted by Crippen LogP contribution is -2.57. The summed E-state index contributed by atoms with van der Waals surface area (Å²) in [7, 11) is 0. The van der Waals surface area contributed by atoms with E-state index in [4.69, 9.17) is 0 Å². The normalized spacial score (nSPS) is 28.3. The number of nitrogens with one attached hydrogen (secondary N) is 1. The van der Waals surface area contributed by atoms with E-state index < -0.39 is 6.09 Å². The lowest BCUT2D eigenvalue weighted by molar-refractivity contribution is -0.274. The minimum Gasteiger partial charge on any atom is -0.530 e. The van der Waals surface area contributed by atoms with E-state index in [1.165, 1.54) is 0 Å². The van der Waals surface area contributed by atoms with Crippen LogP contribution in [0.25, 0.3) is 0 Å². The second kappa shape index (κ2) is 6.97. The third-order valence-corrected chi connectivity index (χ3v) is 4.71. The predicted octanol–water partition coefficient (Wildman–Crippen LogP) is 1.14. The Morgan fingerprint density at radius 3 is 2.24 bits per heavy atom. The molecule has 0 unspecified atom stereocenters. The molecule has 5 heteroatoms. The monoisotopic (exact) mass is 298 g/mol. The van der Waals surface area contributed by atoms with Crippen LogP contribution in [0.2, 0.25) is 0 Å². The van der Waals surface area contributed by atoms with E-state index in [0.29, 0.717) is 5.92 Å². The van der Waals surface area contributed by atoms with Crippen LogP contribution in [-0.2, 0) is 4.37 Å². The molecule has 0 radical (unpaired) electrons. The van der Waals surface area contributed by atoms with Crippen LogP contribution in [0.5, 0.6) is 0 Å². The standard InChI is InChI=1S/C16H30N2O3/c1-16(2,3)18(15(19)20)14-6-4-13(5-7-14)12-21-10-8-17-9-11-21/h13-14,17H,4-12H2,1-3H3. The molecule has 2 fully saturated rings. The molecular formula is C16H30N2O3. The van der Waals surface area contributed by atoms with Gasteiger partial charge in [-0.3, -0.25) is 0 Å². The first-order chi connectivity index (χ1) is 9.88. The van der Waals surface area contributed by atoms with E-state index in [-0.39, 0.29) is 11.6 Å². The van der Waals surface area contributed by atoms with Crippen molar-refractivity contribution in [1.29, 1.82) is 0 Å². The summed E-state index contributed by atoms with van der Waals surface area (Å²) in [4.78, 5) is 13.0. The van der Waals surface area contributed by atoms with Crippen molar-refractivity contribution in [2.75, 3.05) is 32.9 Å². The molecule has 0 aromatic rings. The van der Waals surface area contributed by atoms with Crippen LogP contribution >= 0.6 is 0 Å². The minimum absolute atomic E-state index is 0.124. The molecule has 1 saturated heterocycles. The van der Waals surface area contributed by atoms with Gasteiger partial charge in [0.1, 0.15) is 12.7 Å². The van der Waals surface area contributed by atoms with E-state index in [0.717, 1.165) is 58.6 Å². The molecule has 1 N–H and O–H groups in total. The van der Waals surface area contributed by atoms with Crippen molar-refractivity contribution in [2.45, 2.75) is 58.0 Å². The number of morpholine rings is 1. The fourth-order valence-electron chi connectivity index (χ4n) is 3.70. The fourth-order valence-corrected chi connectivity index (χ4v) is 3.70. The second-order valence-electron chi connectivity index (χ2n) is 7.42. The summed E-state index contributed by atoms with van der Waals surface area (Å²) in [5.74, 6) is 0.688. The molecule has 1 aliphatic carbocycles. The lowest BCUT2D eigenvalue weighted by Gasteiger charge is -2.46. The number of hydrogen-bond donors (Lipinski definition) is 1. The predicted molar refractivity (Wildman–Crippen MR) is 81.3 cm³/mol. The topological polar surface area (TPSA) is 58.1 Å². The van der Waals surface area contributed by atoms with Crippen molar-refractivity contribution < 1.29 is 14.3 Å². The molecule has 0 atom stereocenters. The van der Waals surface area contributed by atoms with Crippen molar-refractivity contribution in [3.05, 3.63) is 0 Å². The van der Waals surface area contributed by atoms with E-state index in [9.17, 15) is 9.90 Å². The number of carboxylic acid groups (broad SMARTS) is 1. The number of amides is 1. The molecule has 122 valence electrons. The van der Waals surface area contributed by atoms with Crippen molar-refractivity contribution in [3.63, 3.8) is 0 Å². The molecule has 2 rings (SSSR count). The molecule has 5 nitrogen and oxygen atoms in total. The highest BCUT2D eigenvalue weighted by Gasteiger charge is 2.33. The van der Waals surface area contributed by atoms with Crippen molar-refractivity contribution in [1.82, 2.24) is 10.2 Å². The summed E-state index contributed by atoms with van der Waals surface area (Å²) in [6, 6.07) is 0.124. The quantitative estimate of drug-likeness (QED) is 0.795. The van der Waals surface area contributed by atoms with Gasteiger partial charge in [-0.2, -0.15) is 0 Å². The van der Waals surface area contributed by atoms with Gasteiger partial charge in [-0.15, -0.1) is 0 Å². The maximum Gasteiger partial charge on any atom is 0.158 e. The third-order valence-electron chi connectivity index (χ3n) is 4.71. The van der Waals surface area contributed by atoms with Crippen LogP contribution < -0.4 is 10.4 Å². The Morgan fingerprint density at radius 1 is 1.19 bits per heavy atom. The Hall–Kier alpha value is -0.810. The first kappa shape index (κ1) is 16.6. The number of nitrogens with zero attached hydrogens (tertiary/aromatic N) is 1. The lowest BCUT2D eigenvalue weighted by atomic mass is 9.84. The highest BCUT2D eigenvalue weighted by Crippen LogP contribution is 2.32. The molecule has 1 saturated carbocycles.